The number of hydrogen-bond acceptors (Lipinski definition) is 4. The van der Waals surface area contributed by atoms with Crippen LogP contribution in [0.1, 0.15) is 44.2 Å². The zero-order chi connectivity index (χ0) is 23.1. The van der Waals surface area contributed by atoms with Gasteiger partial charge in [0.05, 0.1) is 17.6 Å². The number of benzene rings is 3. The number of fused-ring (bicyclic) bond motifs is 3. The Balaban J connectivity index is 1.36. The van der Waals surface area contributed by atoms with Gasteiger partial charge in [-0.3, -0.25) is 9.59 Å². The minimum absolute atomic E-state index is 0.0376. The van der Waals surface area contributed by atoms with Gasteiger partial charge in [0.1, 0.15) is 0 Å². The quantitative estimate of drug-likeness (QED) is 0.569. The van der Waals surface area contributed by atoms with Crippen LogP contribution in [0.15, 0.2) is 60.7 Å². The lowest BCUT2D eigenvalue weighted by Crippen LogP contribution is -2.35. The first-order valence-electron chi connectivity index (χ1n) is 11.3. The SMILES string of the molecule is Cc1ccc(CNC(=O)c2ccc3c(c2)C2NN(c4ccc(C)c(C)c4)C(=O)C2CN3)cc1. The summed E-state index contributed by atoms with van der Waals surface area (Å²) in [4.78, 5) is 26.0. The molecular formula is C27H28N4O2. The Hall–Kier alpha value is -3.64. The number of hydrogen-bond donors (Lipinski definition) is 3. The van der Waals surface area contributed by atoms with Crippen LogP contribution in [0.2, 0.25) is 0 Å². The van der Waals surface area contributed by atoms with Crippen molar-refractivity contribution >= 4 is 23.2 Å². The molecule has 0 radical (unpaired) electrons. The highest BCUT2D eigenvalue weighted by atomic mass is 16.2. The molecular weight excluding hydrogens is 412 g/mol. The minimum atomic E-state index is -0.232. The number of anilines is 2. The Kier molecular flexibility index (Phi) is 5.38. The number of nitrogens with one attached hydrogen (secondary N) is 3. The molecule has 168 valence electrons. The van der Waals surface area contributed by atoms with Crippen LogP contribution in [0, 0.1) is 26.7 Å². The van der Waals surface area contributed by atoms with Gasteiger partial charge in [-0.05, 0) is 73.4 Å². The predicted molar refractivity (Wildman–Crippen MR) is 130 cm³/mol. The predicted octanol–water partition coefficient (Wildman–Crippen LogP) is 4.18. The third kappa shape index (κ3) is 3.98. The van der Waals surface area contributed by atoms with Crippen LogP contribution in [0.25, 0.3) is 0 Å². The average Bonchev–Trinajstić information content (AvgIpc) is 3.17. The molecule has 0 bridgehead atoms. The molecule has 3 aromatic rings. The van der Waals surface area contributed by atoms with Gasteiger partial charge in [-0.1, -0.05) is 35.9 Å². The smallest absolute Gasteiger partial charge is 0.251 e. The molecule has 0 spiro atoms. The summed E-state index contributed by atoms with van der Waals surface area (Å²) in [6.07, 6.45) is 0. The molecule has 2 atom stereocenters. The zero-order valence-electron chi connectivity index (χ0n) is 19.1. The van der Waals surface area contributed by atoms with Gasteiger partial charge in [-0.2, -0.15) is 0 Å². The van der Waals surface area contributed by atoms with E-state index in [1.165, 1.54) is 11.1 Å². The van der Waals surface area contributed by atoms with E-state index in [2.05, 4.69) is 23.0 Å². The molecule has 2 aliphatic rings. The van der Waals surface area contributed by atoms with Crippen molar-refractivity contribution in [2.45, 2.75) is 33.4 Å². The Morgan fingerprint density at radius 2 is 1.79 bits per heavy atom. The fourth-order valence-electron chi connectivity index (χ4n) is 4.49. The maximum absolute atomic E-state index is 13.2. The molecule has 0 aromatic heterocycles. The number of nitrogens with zero attached hydrogens (tertiary/aromatic N) is 1. The van der Waals surface area contributed by atoms with E-state index in [9.17, 15) is 9.59 Å². The first-order chi connectivity index (χ1) is 15.9. The fourth-order valence-corrected chi connectivity index (χ4v) is 4.49. The molecule has 33 heavy (non-hydrogen) atoms. The lowest BCUT2D eigenvalue weighted by atomic mass is 9.88. The highest BCUT2D eigenvalue weighted by molar-refractivity contribution is 5.99. The lowest BCUT2D eigenvalue weighted by molar-refractivity contribution is -0.120. The van der Waals surface area contributed by atoms with Crippen molar-refractivity contribution in [3.63, 3.8) is 0 Å². The van der Waals surface area contributed by atoms with E-state index in [1.54, 1.807) is 5.01 Å². The molecule has 3 N–H and O–H groups in total. The van der Waals surface area contributed by atoms with Crippen LogP contribution in [-0.4, -0.2) is 18.4 Å². The summed E-state index contributed by atoms with van der Waals surface area (Å²) in [6.45, 7) is 7.18. The highest BCUT2D eigenvalue weighted by Crippen LogP contribution is 2.40. The Morgan fingerprint density at radius 1 is 1.00 bits per heavy atom. The molecule has 2 aliphatic heterocycles. The summed E-state index contributed by atoms with van der Waals surface area (Å²) in [5.74, 6) is -0.323. The van der Waals surface area contributed by atoms with E-state index < -0.39 is 0 Å². The molecule has 6 nitrogen and oxygen atoms in total. The van der Waals surface area contributed by atoms with Crippen LogP contribution in [0.3, 0.4) is 0 Å². The molecule has 2 heterocycles. The molecule has 3 aromatic carbocycles. The molecule has 0 aliphatic carbocycles. The molecule has 2 amide bonds. The number of aryl methyl sites for hydroxylation is 3. The number of carbonyl (C=O) groups excluding carboxylic acids is 2. The Morgan fingerprint density at radius 3 is 2.55 bits per heavy atom. The van der Waals surface area contributed by atoms with Gasteiger partial charge in [-0.15, -0.1) is 0 Å². The summed E-state index contributed by atoms with van der Waals surface area (Å²) in [7, 11) is 0. The fraction of sp³-hybridized carbons (Fsp3) is 0.259. The van der Waals surface area contributed by atoms with Gasteiger partial charge in [-0.25, -0.2) is 10.4 Å². The molecule has 1 fully saturated rings. The standard InChI is InChI=1S/C27H28N4O2/c1-16-4-7-19(8-5-16)14-29-26(32)20-9-11-24-22(13-20)25-23(15-28-24)27(33)31(30-25)21-10-6-17(2)18(3)12-21/h4-13,23,25,28,30H,14-15H2,1-3H3,(H,29,32). The largest absolute Gasteiger partial charge is 0.384 e. The van der Waals surface area contributed by atoms with Crippen LogP contribution < -0.4 is 21.1 Å². The van der Waals surface area contributed by atoms with Gasteiger partial charge in [0.15, 0.2) is 0 Å². The van der Waals surface area contributed by atoms with Crippen molar-refractivity contribution in [3.05, 3.63) is 94.0 Å². The second-order valence-corrected chi connectivity index (χ2v) is 9.01. The normalized spacial score (nSPS) is 19.0. The summed E-state index contributed by atoms with van der Waals surface area (Å²) < 4.78 is 0. The van der Waals surface area contributed by atoms with Gasteiger partial charge in [0, 0.05) is 24.3 Å². The molecule has 2 unspecified atom stereocenters. The Labute approximate surface area is 194 Å². The van der Waals surface area contributed by atoms with E-state index in [-0.39, 0.29) is 23.8 Å². The van der Waals surface area contributed by atoms with Crippen molar-refractivity contribution in [2.75, 3.05) is 16.9 Å². The van der Waals surface area contributed by atoms with Gasteiger partial charge < -0.3 is 10.6 Å². The van der Waals surface area contributed by atoms with Crippen molar-refractivity contribution in [3.8, 4) is 0 Å². The van der Waals surface area contributed by atoms with E-state index in [0.717, 1.165) is 28.1 Å². The van der Waals surface area contributed by atoms with E-state index in [1.807, 2.05) is 74.5 Å². The Bertz CT molecular complexity index is 1240. The molecule has 1 saturated heterocycles. The monoisotopic (exact) mass is 440 g/mol. The van der Waals surface area contributed by atoms with Gasteiger partial charge in [0.25, 0.3) is 5.91 Å². The number of amides is 2. The van der Waals surface area contributed by atoms with E-state index >= 15 is 0 Å². The average molecular weight is 441 g/mol. The van der Waals surface area contributed by atoms with E-state index in [4.69, 9.17) is 0 Å². The van der Waals surface area contributed by atoms with Crippen LogP contribution in [0.5, 0.6) is 0 Å². The van der Waals surface area contributed by atoms with Crippen molar-refractivity contribution in [1.29, 1.82) is 0 Å². The van der Waals surface area contributed by atoms with Gasteiger partial charge >= 0.3 is 0 Å². The molecule has 6 heteroatoms. The summed E-state index contributed by atoms with van der Waals surface area (Å²) in [5, 5.41) is 8.02. The van der Waals surface area contributed by atoms with Crippen LogP contribution in [0.4, 0.5) is 11.4 Å². The molecule has 0 saturated carbocycles. The third-order valence-electron chi connectivity index (χ3n) is 6.69. The zero-order valence-corrected chi connectivity index (χ0v) is 19.1. The maximum atomic E-state index is 13.2. The number of carbonyl (C=O) groups is 2. The van der Waals surface area contributed by atoms with Crippen LogP contribution in [-0.2, 0) is 11.3 Å². The first-order valence-corrected chi connectivity index (χ1v) is 11.3. The van der Waals surface area contributed by atoms with E-state index in [0.29, 0.717) is 18.7 Å². The summed E-state index contributed by atoms with van der Waals surface area (Å²) in [6, 6.07) is 19.6. The summed E-state index contributed by atoms with van der Waals surface area (Å²) in [5.41, 5.74) is 11.3. The first kappa shape index (κ1) is 21.2. The number of hydrazine groups is 1. The molecule has 5 rings (SSSR count). The second-order valence-electron chi connectivity index (χ2n) is 9.01. The minimum Gasteiger partial charge on any atom is -0.384 e. The second kappa shape index (κ2) is 8.37. The van der Waals surface area contributed by atoms with Crippen molar-refractivity contribution < 1.29 is 9.59 Å². The summed E-state index contributed by atoms with van der Waals surface area (Å²) >= 11 is 0. The highest BCUT2D eigenvalue weighted by Gasteiger charge is 2.44. The maximum Gasteiger partial charge on any atom is 0.251 e. The van der Waals surface area contributed by atoms with Crippen LogP contribution >= 0.6 is 0 Å². The lowest BCUT2D eigenvalue weighted by Gasteiger charge is -2.27. The number of rotatable bonds is 4. The third-order valence-corrected chi connectivity index (χ3v) is 6.69. The van der Waals surface area contributed by atoms with Crippen molar-refractivity contribution in [1.82, 2.24) is 10.7 Å². The van der Waals surface area contributed by atoms with Crippen molar-refractivity contribution in [2.24, 2.45) is 5.92 Å². The topological polar surface area (TPSA) is 73.5 Å². The van der Waals surface area contributed by atoms with Gasteiger partial charge in [0.2, 0.25) is 5.91 Å².